The second-order valence-electron chi connectivity index (χ2n) is 6.06. The molecule has 126 valence electrons. The van der Waals surface area contributed by atoms with Gasteiger partial charge in [0.05, 0.1) is 0 Å². The molecule has 6 heteroatoms. The third-order valence-corrected chi connectivity index (χ3v) is 5.92. The fourth-order valence-electron chi connectivity index (χ4n) is 2.93. The van der Waals surface area contributed by atoms with Crippen LogP contribution in [0.25, 0.3) is 0 Å². The molecule has 3 nitrogen and oxygen atoms in total. The highest BCUT2D eigenvalue weighted by molar-refractivity contribution is 8.01. The van der Waals surface area contributed by atoms with Crippen molar-refractivity contribution in [1.82, 2.24) is 10.9 Å². The van der Waals surface area contributed by atoms with Crippen molar-refractivity contribution in [2.75, 3.05) is 5.73 Å². The van der Waals surface area contributed by atoms with Gasteiger partial charge in [-0.05, 0) is 43.7 Å². The second kappa shape index (κ2) is 5.88. The smallest absolute Gasteiger partial charge is 0.129 e. The minimum atomic E-state index is -1.01. The molecule has 2 unspecified atom stereocenters. The van der Waals surface area contributed by atoms with Crippen LogP contribution < -0.4 is 16.6 Å². The van der Waals surface area contributed by atoms with Crippen molar-refractivity contribution in [2.45, 2.75) is 23.6 Å². The highest BCUT2D eigenvalue weighted by atomic mass is 32.2. The van der Waals surface area contributed by atoms with E-state index < -0.39 is 21.4 Å². The maximum atomic E-state index is 14.4. The van der Waals surface area contributed by atoms with Gasteiger partial charge in [-0.25, -0.2) is 19.6 Å². The molecule has 1 heterocycles. The Morgan fingerprint density at radius 1 is 1.12 bits per heavy atom. The van der Waals surface area contributed by atoms with Gasteiger partial charge < -0.3 is 5.73 Å². The minimum absolute atomic E-state index is 0.200. The standard InChI is InChI=1S/C18H19F2N3S/c1-11(2)18(14-10-12(19)8-9-15(14)20)23-22-17(3,24-18)13-6-4-5-7-16(13)21/h4-10,22-23H,1,21H2,2-3H3. The van der Waals surface area contributed by atoms with Crippen molar-refractivity contribution in [2.24, 2.45) is 0 Å². The van der Waals surface area contributed by atoms with Crippen LogP contribution in [0, 0.1) is 11.6 Å². The van der Waals surface area contributed by atoms with Crippen LogP contribution in [-0.4, -0.2) is 0 Å². The number of halogens is 2. The number of hydrazine groups is 1. The maximum Gasteiger partial charge on any atom is 0.129 e. The van der Waals surface area contributed by atoms with E-state index in [1.54, 1.807) is 6.92 Å². The first-order valence-corrected chi connectivity index (χ1v) is 8.31. The Labute approximate surface area is 144 Å². The quantitative estimate of drug-likeness (QED) is 0.580. The van der Waals surface area contributed by atoms with Gasteiger partial charge >= 0.3 is 0 Å². The summed E-state index contributed by atoms with van der Waals surface area (Å²) in [4.78, 5) is -1.65. The van der Waals surface area contributed by atoms with Crippen LogP contribution >= 0.6 is 11.8 Å². The third-order valence-electron chi connectivity index (χ3n) is 4.22. The molecule has 4 N–H and O–H groups in total. The number of rotatable bonds is 3. The zero-order valence-corrected chi connectivity index (χ0v) is 14.3. The van der Waals surface area contributed by atoms with Crippen molar-refractivity contribution in [1.29, 1.82) is 0 Å². The first-order valence-electron chi connectivity index (χ1n) is 7.49. The molecular weight excluding hydrogens is 328 g/mol. The monoisotopic (exact) mass is 347 g/mol. The molecule has 2 aromatic carbocycles. The Hall–Kier alpha value is -1.89. The molecule has 1 aliphatic heterocycles. The molecule has 3 rings (SSSR count). The van der Waals surface area contributed by atoms with Crippen LogP contribution in [0.1, 0.15) is 25.0 Å². The fraction of sp³-hybridized carbons (Fsp3) is 0.222. The number of para-hydroxylation sites is 1. The summed E-state index contributed by atoms with van der Waals surface area (Å²) in [5.74, 6) is -0.992. The highest BCUT2D eigenvalue weighted by Gasteiger charge is 2.50. The molecule has 0 bridgehead atoms. The molecule has 0 aromatic heterocycles. The third kappa shape index (κ3) is 2.60. The van der Waals surface area contributed by atoms with E-state index in [0.29, 0.717) is 11.3 Å². The second-order valence-corrected chi connectivity index (χ2v) is 7.69. The molecule has 1 saturated heterocycles. The number of nitrogens with one attached hydrogen (secondary N) is 2. The van der Waals surface area contributed by atoms with Crippen molar-refractivity contribution >= 4 is 17.4 Å². The lowest BCUT2D eigenvalue weighted by Crippen LogP contribution is -2.44. The summed E-state index contributed by atoms with van der Waals surface area (Å²) in [6, 6.07) is 10.9. The molecule has 24 heavy (non-hydrogen) atoms. The van der Waals surface area contributed by atoms with Gasteiger partial charge in [0.1, 0.15) is 21.4 Å². The number of nitrogen functional groups attached to an aromatic ring is 1. The van der Waals surface area contributed by atoms with Crippen LogP contribution in [0.5, 0.6) is 0 Å². The average Bonchev–Trinajstić information content (AvgIpc) is 2.90. The van der Waals surface area contributed by atoms with Crippen LogP contribution in [0.3, 0.4) is 0 Å². The lowest BCUT2D eigenvalue weighted by atomic mass is 10.00. The molecular formula is C18H19F2N3S. The van der Waals surface area contributed by atoms with Gasteiger partial charge in [0.25, 0.3) is 0 Å². The first-order chi connectivity index (χ1) is 11.3. The number of hydrogen-bond acceptors (Lipinski definition) is 4. The van der Waals surface area contributed by atoms with Crippen molar-refractivity contribution in [3.8, 4) is 0 Å². The highest BCUT2D eigenvalue weighted by Crippen LogP contribution is 2.54. The van der Waals surface area contributed by atoms with Gasteiger partial charge in [0.2, 0.25) is 0 Å². The van der Waals surface area contributed by atoms with E-state index in [9.17, 15) is 8.78 Å². The Balaban J connectivity index is 2.11. The van der Waals surface area contributed by atoms with E-state index in [1.165, 1.54) is 17.8 Å². The molecule has 0 amide bonds. The van der Waals surface area contributed by atoms with Gasteiger partial charge in [-0.1, -0.05) is 24.8 Å². The molecule has 0 aliphatic carbocycles. The maximum absolute atomic E-state index is 14.4. The van der Waals surface area contributed by atoms with Crippen LogP contribution in [0.15, 0.2) is 54.6 Å². The van der Waals surface area contributed by atoms with Gasteiger partial charge in [-0.3, -0.25) is 0 Å². The Morgan fingerprint density at radius 3 is 2.50 bits per heavy atom. The zero-order chi connectivity index (χ0) is 17.5. The van der Waals surface area contributed by atoms with Crippen molar-refractivity contribution < 1.29 is 8.78 Å². The first kappa shape index (κ1) is 17.0. The number of thioether (sulfide) groups is 1. The summed E-state index contributed by atoms with van der Waals surface area (Å²) >= 11 is 1.40. The summed E-state index contributed by atoms with van der Waals surface area (Å²) in [6.07, 6.45) is 0. The van der Waals surface area contributed by atoms with Gasteiger partial charge in [-0.2, -0.15) is 0 Å². The van der Waals surface area contributed by atoms with E-state index in [0.717, 1.165) is 17.7 Å². The van der Waals surface area contributed by atoms with Crippen molar-refractivity contribution in [3.63, 3.8) is 0 Å². The normalized spacial score (nSPS) is 26.5. The van der Waals surface area contributed by atoms with Gasteiger partial charge in [0.15, 0.2) is 0 Å². The van der Waals surface area contributed by atoms with Crippen molar-refractivity contribution in [3.05, 3.63) is 77.4 Å². The summed E-state index contributed by atoms with van der Waals surface area (Å²) < 4.78 is 28.2. The Kier molecular flexibility index (Phi) is 4.15. The van der Waals surface area contributed by atoms with E-state index in [1.807, 2.05) is 31.2 Å². The average molecular weight is 347 g/mol. The molecule has 0 spiro atoms. The molecule has 1 aliphatic rings. The van der Waals surface area contributed by atoms with Crippen LogP contribution in [-0.2, 0) is 9.74 Å². The predicted octanol–water partition coefficient (Wildman–Crippen LogP) is 3.99. The van der Waals surface area contributed by atoms with E-state index in [2.05, 4.69) is 17.4 Å². The Bertz CT molecular complexity index is 811. The van der Waals surface area contributed by atoms with E-state index in [4.69, 9.17) is 5.73 Å². The van der Waals surface area contributed by atoms with Crippen LogP contribution in [0.2, 0.25) is 0 Å². The van der Waals surface area contributed by atoms with E-state index >= 15 is 0 Å². The summed E-state index contributed by atoms with van der Waals surface area (Å²) in [7, 11) is 0. The summed E-state index contributed by atoms with van der Waals surface area (Å²) in [5, 5.41) is 0. The predicted molar refractivity (Wildman–Crippen MR) is 94.9 cm³/mol. The summed E-state index contributed by atoms with van der Waals surface area (Å²) in [6.45, 7) is 7.72. The molecule has 2 atom stereocenters. The minimum Gasteiger partial charge on any atom is -0.398 e. The lowest BCUT2D eigenvalue weighted by Gasteiger charge is -2.31. The zero-order valence-electron chi connectivity index (χ0n) is 13.5. The lowest BCUT2D eigenvalue weighted by molar-refractivity contribution is 0.410. The summed E-state index contributed by atoms with van der Waals surface area (Å²) in [5.41, 5.74) is 14.8. The topological polar surface area (TPSA) is 50.1 Å². The molecule has 0 saturated carbocycles. The molecule has 1 fully saturated rings. The number of nitrogens with two attached hydrogens (primary N) is 1. The largest absolute Gasteiger partial charge is 0.398 e. The fourth-order valence-corrected chi connectivity index (χ4v) is 4.48. The van der Waals surface area contributed by atoms with Gasteiger partial charge in [0, 0.05) is 16.8 Å². The Morgan fingerprint density at radius 2 is 1.83 bits per heavy atom. The molecule has 2 aromatic rings. The van der Waals surface area contributed by atoms with E-state index in [-0.39, 0.29) is 5.56 Å². The van der Waals surface area contributed by atoms with Gasteiger partial charge in [-0.15, -0.1) is 11.8 Å². The number of hydrogen-bond donors (Lipinski definition) is 3. The number of anilines is 1. The SMILES string of the molecule is C=C(C)C1(c2cc(F)ccc2F)NNC(C)(c2ccccc2N)S1. The number of benzene rings is 2. The molecule has 0 radical (unpaired) electrons. The van der Waals surface area contributed by atoms with Crippen LogP contribution in [0.4, 0.5) is 14.5 Å².